The van der Waals surface area contributed by atoms with E-state index >= 15 is 0 Å². The Hall–Kier alpha value is -2.47. The maximum Gasteiger partial charge on any atom is 0.262 e. The number of aromatic nitrogens is 2. The van der Waals surface area contributed by atoms with Crippen LogP contribution in [0.2, 0.25) is 0 Å². The molecule has 0 radical (unpaired) electrons. The number of fused-ring (bicyclic) bond motifs is 1. The number of amides is 1. The van der Waals surface area contributed by atoms with E-state index in [1.807, 2.05) is 24.3 Å². The molecule has 6 nitrogen and oxygen atoms in total. The number of rotatable bonds is 4. The van der Waals surface area contributed by atoms with Gasteiger partial charge in [-0.05, 0) is 30.7 Å². The van der Waals surface area contributed by atoms with Gasteiger partial charge >= 0.3 is 0 Å². The molecule has 0 spiro atoms. The molecule has 108 valence electrons. The predicted octanol–water partition coefficient (Wildman–Crippen LogP) is 1.66. The van der Waals surface area contributed by atoms with Gasteiger partial charge in [-0.25, -0.2) is 9.97 Å². The summed E-state index contributed by atoms with van der Waals surface area (Å²) in [6.07, 6.45) is 3.26. The van der Waals surface area contributed by atoms with Crippen LogP contribution in [0.3, 0.4) is 0 Å². The zero-order valence-electron chi connectivity index (χ0n) is 11.7. The summed E-state index contributed by atoms with van der Waals surface area (Å²) in [6, 6.07) is 7.81. The van der Waals surface area contributed by atoms with Crippen molar-refractivity contribution in [3.63, 3.8) is 0 Å². The number of hydrogen-bond donors (Lipinski definition) is 2. The van der Waals surface area contributed by atoms with Crippen molar-refractivity contribution in [2.24, 2.45) is 0 Å². The minimum atomic E-state index is -0.124. The van der Waals surface area contributed by atoms with Gasteiger partial charge in [0.15, 0.2) is 6.61 Å². The van der Waals surface area contributed by atoms with E-state index in [2.05, 4.69) is 27.5 Å². The highest BCUT2D eigenvalue weighted by Crippen LogP contribution is 2.30. The largest absolute Gasteiger partial charge is 0.482 e. The average Bonchev–Trinajstić information content (AvgIpc) is 2.53. The van der Waals surface area contributed by atoms with Gasteiger partial charge < -0.3 is 15.4 Å². The SMILES string of the molecule is CC(NCc1ccncn1)c1ccc2c(c1)NC(=O)CO2. The third-order valence-corrected chi connectivity index (χ3v) is 3.37. The van der Waals surface area contributed by atoms with Crippen molar-refractivity contribution in [2.45, 2.75) is 19.5 Å². The van der Waals surface area contributed by atoms with Gasteiger partial charge in [-0.1, -0.05) is 6.07 Å². The zero-order valence-corrected chi connectivity index (χ0v) is 11.7. The van der Waals surface area contributed by atoms with Crippen LogP contribution < -0.4 is 15.4 Å². The van der Waals surface area contributed by atoms with Crippen LogP contribution in [-0.4, -0.2) is 22.5 Å². The fourth-order valence-corrected chi connectivity index (χ4v) is 2.17. The van der Waals surface area contributed by atoms with E-state index in [-0.39, 0.29) is 18.6 Å². The summed E-state index contributed by atoms with van der Waals surface area (Å²) in [5, 5.41) is 6.21. The normalized spacial score (nSPS) is 14.8. The number of nitrogens with zero attached hydrogens (tertiary/aromatic N) is 2. The van der Waals surface area contributed by atoms with Crippen LogP contribution in [0.15, 0.2) is 36.8 Å². The number of nitrogens with one attached hydrogen (secondary N) is 2. The van der Waals surface area contributed by atoms with E-state index < -0.39 is 0 Å². The van der Waals surface area contributed by atoms with Crippen LogP contribution in [0.1, 0.15) is 24.2 Å². The molecule has 0 bridgehead atoms. The lowest BCUT2D eigenvalue weighted by atomic mass is 10.1. The average molecular weight is 284 g/mol. The van der Waals surface area contributed by atoms with Crippen molar-refractivity contribution in [1.82, 2.24) is 15.3 Å². The summed E-state index contributed by atoms with van der Waals surface area (Å²) < 4.78 is 5.35. The van der Waals surface area contributed by atoms with Gasteiger partial charge in [0.1, 0.15) is 12.1 Å². The predicted molar refractivity (Wildman–Crippen MR) is 77.9 cm³/mol. The minimum absolute atomic E-state index is 0.0772. The van der Waals surface area contributed by atoms with Crippen LogP contribution >= 0.6 is 0 Å². The molecule has 1 aliphatic rings. The van der Waals surface area contributed by atoms with E-state index in [0.29, 0.717) is 12.3 Å². The number of carbonyl (C=O) groups excluding carboxylic acids is 1. The smallest absolute Gasteiger partial charge is 0.262 e. The second-order valence-corrected chi connectivity index (χ2v) is 4.90. The molecule has 1 unspecified atom stereocenters. The van der Waals surface area contributed by atoms with E-state index in [1.54, 1.807) is 6.20 Å². The summed E-state index contributed by atoms with van der Waals surface area (Å²) in [5.41, 5.74) is 2.74. The molecule has 0 fully saturated rings. The van der Waals surface area contributed by atoms with Crippen LogP contribution in [-0.2, 0) is 11.3 Å². The maximum atomic E-state index is 11.4. The summed E-state index contributed by atoms with van der Waals surface area (Å²) >= 11 is 0. The lowest BCUT2D eigenvalue weighted by molar-refractivity contribution is -0.118. The highest BCUT2D eigenvalue weighted by Gasteiger charge is 2.17. The van der Waals surface area contributed by atoms with Crippen molar-refractivity contribution in [3.8, 4) is 5.75 Å². The molecule has 1 amide bonds. The molecule has 0 aliphatic carbocycles. The van der Waals surface area contributed by atoms with Gasteiger partial charge in [0, 0.05) is 18.8 Å². The van der Waals surface area contributed by atoms with Crippen LogP contribution in [0, 0.1) is 0 Å². The Bertz CT molecular complexity index is 645. The van der Waals surface area contributed by atoms with E-state index in [1.165, 1.54) is 6.33 Å². The van der Waals surface area contributed by atoms with Crippen molar-refractivity contribution >= 4 is 11.6 Å². The first-order valence-electron chi connectivity index (χ1n) is 6.77. The fraction of sp³-hybridized carbons (Fsp3) is 0.267. The third kappa shape index (κ3) is 3.17. The fourth-order valence-electron chi connectivity index (χ4n) is 2.17. The monoisotopic (exact) mass is 284 g/mol. The molecule has 2 N–H and O–H groups in total. The highest BCUT2D eigenvalue weighted by molar-refractivity contribution is 5.95. The number of benzene rings is 1. The van der Waals surface area contributed by atoms with E-state index in [0.717, 1.165) is 16.9 Å². The quantitative estimate of drug-likeness (QED) is 0.893. The number of ether oxygens (including phenoxy) is 1. The first-order valence-corrected chi connectivity index (χ1v) is 6.77. The first-order chi connectivity index (χ1) is 10.2. The molecule has 0 saturated carbocycles. The molecule has 2 aromatic rings. The van der Waals surface area contributed by atoms with Crippen molar-refractivity contribution in [2.75, 3.05) is 11.9 Å². The lowest BCUT2D eigenvalue weighted by Gasteiger charge is -2.20. The number of hydrogen-bond acceptors (Lipinski definition) is 5. The molecule has 2 heterocycles. The van der Waals surface area contributed by atoms with Crippen LogP contribution in [0.5, 0.6) is 5.75 Å². The molecule has 3 rings (SSSR count). The Morgan fingerprint density at radius 3 is 3.14 bits per heavy atom. The van der Waals surface area contributed by atoms with Gasteiger partial charge in [-0.2, -0.15) is 0 Å². The molecule has 1 atom stereocenters. The maximum absolute atomic E-state index is 11.4. The Balaban J connectivity index is 1.69. The topological polar surface area (TPSA) is 76.1 Å². The number of carbonyl (C=O) groups is 1. The van der Waals surface area contributed by atoms with Gasteiger partial charge in [0.05, 0.1) is 11.4 Å². The minimum Gasteiger partial charge on any atom is -0.482 e. The summed E-state index contributed by atoms with van der Waals surface area (Å²) in [4.78, 5) is 19.4. The second kappa shape index (κ2) is 5.88. The summed E-state index contributed by atoms with van der Waals surface area (Å²) in [5.74, 6) is 0.586. The molecular weight excluding hydrogens is 268 g/mol. The van der Waals surface area contributed by atoms with Gasteiger partial charge in [-0.3, -0.25) is 4.79 Å². The summed E-state index contributed by atoms with van der Waals surface area (Å²) in [7, 11) is 0. The highest BCUT2D eigenvalue weighted by atomic mass is 16.5. The summed E-state index contributed by atoms with van der Waals surface area (Å²) in [6.45, 7) is 2.80. The van der Waals surface area contributed by atoms with Crippen molar-refractivity contribution in [1.29, 1.82) is 0 Å². The van der Waals surface area contributed by atoms with Crippen molar-refractivity contribution < 1.29 is 9.53 Å². The third-order valence-electron chi connectivity index (χ3n) is 3.37. The molecule has 0 saturated heterocycles. The van der Waals surface area contributed by atoms with E-state index in [4.69, 9.17) is 4.74 Å². The Labute approximate surface area is 122 Å². The number of anilines is 1. The molecular formula is C15H16N4O2. The van der Waals surface area contributed by atoms with Crippen molar-refractivity contribution in [3.05, 3.63) is 48.0 Å². The standard InChI is InChI=1S/C15H16N4O2/c1-10(17-7-12-4-5-16-9-18-12)11-2-3-14-13(6-11)19-15(20)8-21-14/h2-6,9-10,17H,7-8H2,1H3,(H,19,20). The van der Waals surface area contributed by atoms with Gasteiger partial charge in [0.25, 0.3) is 5.91 Å². The molecule has 21 heavy (non-hydrogen) atoms. The molecule has 1 aromatic heterocycles. The van der Waals surface area contributed by atoms with E-state index in [9.17, 15) is 4.79 Å². The Morgan fingerprint density at radius 1 is 1.43 bits per heavy atom. The Morgan fingerprint density at radius 2 is 2.33 bits per heavy atom. The zero-order chi connectivity index (χ0) is 14.7. The molecule has 1 aromatic carbocycles. The first kappa shape index (κ1) is 13.5. The Kier molecular flexibility index (Phi) is 3.79. The second-order valence-electron chi connectivity index (χ2n) is 4.90. The van der Waals surface area contributed by atoms with Crippen LogP contribution in [0.25, 0.3) is 0 Å². The van der Waals surface area contributed by atoms with Gasteiger partial charge in [-0.15, -0.1) is 0 Å². The molecule has 6 heteroatoms. The van der Waals surface area contributed by atoms with Gasteiger partial charge in [0.2, 0.25) is 0 Å². The van der Waals surface area contributed by atoms with Crippen LogP contribution in [0.4, 0.5) is 5.69 Å². The lowest BCUT2D eigenvalue weighted by Crippen LogP contribution is -2.26. The molecule has 1 aliphatic heterocycles.